The summed E-state index contributed by atoms with van der Waals surface area (Å²) in [5.41, 5.74) is 2.16. The smallest absolute Gasteiger partial charge is 0.110 e. The molecule has 20 heavy (non-hydrogen) atoms. The summed E-state index contributed by atoms with van der Waals surface area (Å²) in [6.45, 7) is 4.34. The zero-order valence-corrected chi connectivity index (χ0v) is 14.1. The van der Waals surface area contributed by atoms with Crippen LogP contribution >= 0.6 is 34.5 Å². The topological polar surface area (TPSA) is 16.1 Å². The third-order valence-electron chi connectivity index (χ3n) is 3.62. The van der Waals surface area contributed by atoms with Gasteiger partial charge in [-0.15, -0.1) is 22.9 Å². The summed E-state index contributed by atoms with van der Waals surface area (Å²) in [7, 11) is 2.11. The summed E-state index contributed by atoms with van der Waals surface area (Å²) >= 11 is 13.5. The molecular weight excluding hydrogens is 311 g/mol. The van der Waals surface area contributed by atoms with Crippen molar-refractivity contribution in [3.8, 4) is 0 Å². The van der Waals surface area contributed by atoms with Crippen molar-refractivity contribution in [2.45, 2.75) is 31.8 Å². The van der Waals surface area contributed by atoms with E-state index in [-0.39, 0.29) is 12.1 Å². The van der Waals surface area contributed by atoms with Crippen LogP contribution in [0.1, 0.15) is 42.2 Å². The number of alkyl halides is 1. The second kappa shape index (κ2) is 6.90. The first-order valence-corrected chi connectivity index (χ1v) is 8.29. The van der Waals surface area contributed by atoms with Crippen molar-refractivity contribution in [2.75, 3.05) is 7.05 Å². The quantitative estimate of drug-likeness (QED) is 0.693. The van der Waals surface area contributed by atoms with Gasteiger partial charge in [0.25, 0.3) is 0 Å². The monoisotopic (exact) mass is 328 g/mol. The Labute approximate surface area is 134 Å². The second-order valence-corrected chi connectivity index (χ2v) is 6.48. The van der Waals surface area contributed by atoms with Crippen LogP contribution in [0.15, 0.2) is 29.6 Å². The molecule has 2 unspecified atom stereocenters. The second-order valence-electron chi connectivity index (χ2n) is 4.88. The highest BCUT2D eigenvalue weighted by molar-refractivity contribution is 7.09. The highest BCUT2D eigenvalue weighted by Gasteiger charge is 2.21. The van der Waals surface area contributed by atoms with Crippen LogP contribution in [0.2, 0.25) is 5.02 Å². The zero-order chi connectivity index (χ0) is 14.7. The Morgan fingerprint density at radius 1 is 1.30 bits per heavy atom. The molecule has 1 heterocycles. The van der Waals surface area contributed by atoms with Gasteiger partial charge < -0.3 is 0 Å². The van der Waals surface area contributed by atoms with Crippen molar-refractivity contribution in [3.63, 3.8) is 0 Å². The van der Waals surface area contributed by atoms with Gasteiger partial charge >= 0.3 is 0 Å². The van der Waals surface area contributed by atoms with Gasteiger partial charge in [0, 0.05) is 16.4 Å². The van der Waals surface area contributed by atoms with Gasteiger partial charge in [-0.2, -0.15) is 0 Å². The Bertz CT molecular complexity index is 571. The van der Waals surface area contributed by atoms with Gasteiger partial charge in [-0.1, -0.05) is 23.7 Å². The predicted molar refractivity (Wildman–Crippen MR) is 87.7 cm³/mol. The summed E-state index contributed by atoms with van der Waals surface area (Å²) < 4.78 is 0. The van der Waals surface area contributed by atoms with Gasteiger partial charge in [0.1, 0.15) is 5.01 Å². The van der Waals surface area contributed by atoms with E-state index in [0.717, 1.165) is 15.7 Å². The minimum Gasteiger partial charge on any atom is -0.291 e. The molecule has 0 saturated heterocycles. The molecule has 0 amide bonds. The first-order valence-electron chi connectivity index (χ1n) is 6.50. The zero-order valence-electron chi connectivity index (χ0n) is 11.8. The number of aromatic nitrogens is 1. The van der Waals surface area contributed by atoms with Gasteiger partial charge in [0.2, 0.25) is 0 Å². The van der Waals surface area contributed by atoms with Crippen LogP contribution in [0.25, 0.3) is 0 Å². The van der Waals surface area contributed by atoms with E-state index >= 15 is 0 Å². The normalized spacial score (nSPS) is 14.5. The van der Waals surface area contributed by atoms with Gasteiger partial charge in [0.15, 0.2) is 0 Å². The van der Waals surface area contributed by atoms with Crippen LogP contribution < -0.4 is 0 Å². The van der Waals surface area contributed by atoms with Gasteiger partial charge in [0.05, 0.1) is 17.6 Å². The molecule has 1 aromatic heterocycles. The highest BCUT2D eigenvalue weighted by Crippen LogP contribution is 2.31. The molecular formula is C15H18Cl2N2S. The maximum atomic E-state index is 6.07. The Balaban J connectivity index is 2.15. The molecule has 0 N–H and O–H groups in total. The van der Waals surface area contributed by atoms with Crippen molar-refractivity contribution in [1.82, 2.24) is 9.88 Å². The number of nitrogens with zero attached hydrogens (tertiary/aromatic N) is 2. The van der Waals surface area contributed by atoms with E-state index in [1.54, 1.807) is 11.3 Å². The standard InChI is InChI=1S/C15H18Cl2N2S/c1-10(12-5-4-6-13(17)7-12)19(3)11(2)15-18-14(8-16)9-20-15/h4-7,9-11H,8H2,1-3H3. The lowest BCUT2D eigenvalue weighted by atomic mass is 10.1. The van der Waals surface area contributed by atoms with Crippen molar-refractivity contribution < 1.29 is 0 Å². The molecule has 2 atom stereocenters. The third kappa shape index (κ3) is 3.53. The molecule has 2 aromatic rings. The maximum Gasteiger partial charge on any atom is 0.110 e. The first kappa shape index (κ1) is 15.8. The number of hydrogen-bond donors (Lipinski definition) is 0. The Morgan fingerprint density at radius 2 is 2.05 bits per heavy atom. The van der Waals surface area contributed by atoms with Crippen LogP contribution in [0, 0.1) is 0 Å². The van der Waals surface area contributed by atoms with Gasteiger partial charge in [-0.3, -0.25) is 4.90 Å². The average Bonchev–Trinajstić information content (AvgIpc) is 2.93. The molecule has 0 fully saturated rings. The number of rotatable bonds is 5. The molecule has 0 spiro atoms. The predicted octanol–water partition coefficient (Wildman–Crippen LogP) is 5.29. The van der Waals surface area contributed by atoms with Gasteiger partial charge in [-0.05, 0) is 38.6 Å². The van der Waals surface area contributed by atoms with Crippen molar-refractivity contribution in [1.29, 1.82) is 0 Å². The third-order valence-corrected chi connectivity index (χ3v) is 5.19. The number of hydrogen-bond acceptors (Lipinski definition) is 3. The largest absolute Gasteiger partial charge is 0.291 e. The number of halogens is 2. The first-order chi connectivity index (χ1) is 9.52. The molecule has 2 rings (SSSR count). The molecule has 0 aliphatic carbocycles. The van der Waals surface area contributed by atoms with E-state index in [4.69, 9.17) is 23.2 Å². The van der Waals surface area contributed by atoms with Crippen molar-refractivity contribution in [3.05, 3.63) is 50.9 Å². The number of thiazole rings is 1. The molecule has 1 aromatic carbocycles. The Hall–Kier alpha value is -0.610. The number of benzene rings is 1. The van der Waals surface area contributed by atoms with Crippen LogP contribution in [-0.4, -0.2) is 16.9 Å². The summed E-state index contributed by atoms with van der Waals surface area (Å²) in [5.74, 6) is 0.469. The molecule has 0 radical (unpaired) electrons. The molecule has 5 heteroatoms. The van der Waals surface area contributed by atoms with E-state index in [2.05, 4.69) is 36.8 Å². The fourth-order valence-electron chi connectivity index (χ4n) is 2.09. The average molecular weight is 329 g/mol. The van der Waals surface area contributed by atoms with Crippen LogP contribution in [0.4, 0.5) is 0 Å². The van der Waals surface area contributed by atoms with E-state index in [9.17, 15) is 0 Å². The van der Waals surface area contributed by atoms with E-state index in [1.807, 2.05) is 23.6 Å². The molecule has 108 valence electrons. The van der Waals surface area contributed by atoms with Crippen LogP contribution in [-0.2, 0) is 5.88 Å². The van der Waals surface area contributed by atoms with E-state index in [1.165, 1.54) is 5.56 Å². The maximum absolute atomic E-state index is 6.07. The Kier molecular flexibility index (Phi) is 5.44. The minimum atomic E-state index is 0.242. The van der Waals surface area contributed by atoms with Crippen LogP contribution in [0.5, 0.6) is 0 Å². The lowest BCUT2D eigenvalue weighted by molar-refractivity contribution is 0.198. The minimum absolute atomic E-state index is 0.242. The SMILES string of the molecule is CC(c1cccc(Cl)c1)N(C)C(C)c1nc(CCl)cs1. The fraction of sp³-hybridized carbons (Fsp3) is 0.400. The summed E-state index contributed by atoms with van der Waals surface area (Å²) in [6, 6.07) is 8.52. The lowest BCUT2D eigenvalue weighted by Crippen LogP contribution is -2.25. The molecule has 2 nitrogen and oxygen atoms in total. The highest BCUT2D eigenvalue weighted by atomic mass is 35.5. The molecule has 0 bridgehead atoms. The van der Waals surface area contributed by atoms with E-state index in [0.29, 0.717) is 5.88 Å². The molecule has 0 saturated carbocycles. The van der Waals surface area contributed by atoms with Crippen molar-refractivity contribution >= 4 is 34.5 Å². The summed E-state index contributed by atoms with van der Waals surface area (Å²) in [6.07, 6.45) is 0. The van der Waals surface area contributed by atoms with E-state index < -0.39 is 0 Å². The van der Waals surface area contributed by atoms with Crippen LogP contribution in [0.3, 0.4) is 0 Å². The van der Waals surface area contributed by atoms with Crippen molar-refractivity contribution in [2.24, 2.45) is 0 Å². The summed E-state index contributed by atoms with van der Waals surface area (Å²) in [5, 5.41) is 3.89. The Morgan fingerprint density at radius 3 is 2.65 bits per heavy atom. The fourth-order valence-corrected chi connectivity index (χ4v) is 3.44. The molecule has 0 aliphatic rings. The summed E-state index contributed by atoms with van der Waals surface area (Å²) in [4.78, 5) is 6.86. The lowest BCUT2D eigenvalue weighted by Gasteiger charge is -2.30. The van der Waals surface area contributed by atoms with Gasteiger partial charge in [-0.25, -0.2) is 4.98 Å². The molecule has 0 aliphatic heterocycles.